The number of hydrogen-bond acceptors (Lipinski definition) is 4. The van der Waals surface area contributed by atoms with Crippen molar-refractivity contribution in [3.8, 4) is 0 Å². The molecule has 0 spiro atoms. The predicted molar refractivity (Wildman–Crippen MR) is 102 cm³/mol. The number of nitrogens with zero attached hydrogens (tertiary/aromatic N) is 4. The van der Waals surface area contributed by atoms with E-state index in [0.29, 0.717) is 12.5 Å². The van der Waals surface area contributed by atoms with Gasteiger partial charge in [-0.2, -0.15) is 0 Å². The molecule has 0 saturated carbocycles. The van der Waals surface area contributed by atoms with Crippen LogP contribution in [-0.2, 0) is 24.7 Å². The Morgan fingerprint density at radius 1 is 1.23 bits per heavy atom. The van der Waals surface area contributed by atoms with Crippen molar-refractivity contribution >= 4 is 5.91 Å². The quantitative estimate of drug-likeness (QED) is 0.860. The molecular weight excluding hydrogens is 326 g/mol. The van der Waals surface area contributed by atoms with Crippen LogP contribution in [0.1, 0.15) is 38.2 Å². The van der Waals surface area contributed by atoms with Gasteiger partial charge in [-0.3, -0.25) is 9.78 Å². The highest BCUT2D eigenvalue weighted by Crippen LogP contribution is 2.27. The van der Waals surface area contributed by atoms with Gasteiger partial charge in [0.15, 0.2) is 0 Å². The largest absolute Gasteiger partial charge is 0.350 e. The molecule has 0 radical (unpaired) electrons. The molecule has 140 valence electrons. The summed E-state index contributed by atoms with van der Waals surface area (Å²) in [7, 11) is 1.92. The lowest BCUT2D eigenvalue weighted by atomic mass is 9.82. The van der Waals surface area contributed by atoms with Crippen LogP contribution in [0.5, 0.6) is 0 Å². The number of imidazole rings is 1. The van der Waals surface area contributed by atoms with Gasteiger partial charge in [-0.1, -0.05) is 6.07 Å². The molecule has 3 heterocycles. The molecule has 2 aromatic rings. The topological polar surface area (TPSA) is 63.1 Å². The molecule has 0 bridgehead atoms. The molecule has 0 aliphatic carbocycles. The molecule has 1 N–H and O–H groups in total. The smallest absolute Gasteiger partial charge is 0.228 e. The first-order valence-corrected chi connectivity index (χ1v) is 9.39. The lowest BCUT2D eigenvalue weighted by Gasteiger charge is -2.43. The predicted octanol–water partition coefficient (Wildman–Crippen LogP) is 1.96. The SMILES string of the molecule is CC(C)N1CCC(Cc2ccccn2)(NC(=O)Cc2nccn2C)CC1. The number of carbonyl (C=O) groups is 1. The van der Waals surface area contributed by atoms with Gasteiger partial charge >= 0.3 is 0 Å². The minimum atomic E-state index is -0.234. The number of hydrogen-bond donors (Lipinski definition) is 1. The fraction of sp³-hybridized carbons (Fsp3) is 0.550. The van der Waals surface area contributed by atoms with Gasteiger partial charge in [0.25, 0.3) is 0 Å². The van der Waals surface area contributed by atoms with Crippen molar-refractivity contribution in [1.82, 2.24) is 24.8 Å². The maximum Gasteiger partial charge on any atom is 0.228 e. The summed E-state index contributed by atoms with van der Waals surface area (Å²) in [6.07, 6.45) is 8.37. The Hall–Kier alpha value is -2.21. The highest BCUT2D eigenvalue weighted by atomic mass is 16.1. The van der Waals surface area contributed by atoms with Crippen molar-refractivity contribution in [1.29, 1.82) is 0 Å². The summed E-state index contributed by atoms with van der Waals surface area (Å²) in [5.41, 5.74) is 0.796. The van der Waals surface area contributed by atoms with E-state index in [2.05, 4.69) is 34.0 Å². The van der Waals surface area contributed by atoms with Crippen molar-refractivity contribution in [2.45, 2.75) is 51.1 Å². The third-order valence-electron chi connectivity index (χ3n) is 5.38. The number of aromatic nitrogens is 3. The van der Waals surface area contributed by atoms with E-state index in [1.165, 1.54) is 0 Å². The number of piperidine rings is 1. The fourth-order valence-corrected chi connectivity index (χ4v) is 3.71. The Labute approximate surface area is 155 Å². The van der Waals surface area contributed by atoms with Crippen LogP contribution in [0.15, 0.2) is 36.8 Å². The number of rotatable bonds is 6. The molecule has 6 heteroatoms. The summed E-state index contributed by atoms with van der Waals surface area (Å²) in [6, 6.07) is 6.51. The van der Waals surface area contributed by atoms with Crippen LogP contribution in [0.3, 0.4) is 0 Å². The molecule has 26 heavy (non-hydrogen) atoms. The first-order valence-electron chi connectivity index (χ1n) is 9.39. The molecule has 1 amide bonds. The molecule has 3 rings (SSSR count). The fourth-order valence-electron chi connectivity index (χ4n) is 3.71. The third kappa shape index (κ3) is 4.49. The minimum Gasteiger partial charge on any atom is -0.350 e. The van der Waals surface area contributed by atoms with Crippen LogP contribution in [-0.4, -0.2) is 50.0 Å². The van der Waals surface area contributed by atoms with Gasteiger partial charge in [0, 0.05) is 62.4 Å². The molecule has 2 aromatic heterocycles. The summed E-state index contributed by atoms with van der Waals surface area (Å²) >= 11 is 0. The van der Waals surface area contributed by atoms with Gasteiger partial charge in [-0.15, -0.1) is 0 Å². The maximum absolute atomic E-state index is 12.7. The molecule has 0 unspecified atom stereocenters. The Kier molecular flexibility index (Phi) is 5.71. The average molecular weight is 355 g/mol. The Balaban J connectivity index is 1.72. The standard InChI is InChI=1S/C20H29N5O/c1-16(2)25-11-7-20(8-12-25,15-17-6-4-5-9-21-17)23-19(26)14-18-22-10-13-24(18)3/h4-6,9-10,13,16H,7-8,11-12,14-15H2,1-3H3,(H,23,26). The molecule has 1 fully saturated rings. The summed E-state index contributed by atoms with van der Waals surface area (Å²) in [5, 5.41) is 3.35. The minimum absolute atomic E-state index is 0.0354. The van der Waals surface area contributed by atoms with Crippen molar-refractivity contribution in [2.75, 3.05) is 13.1 Å². The summed E-state index contributed by atoms with van der Waals surface area (Å²) in [4.78, 5) is 24.0. The average Bonchev–Trinajstić information content (AvgIpc) is 3.00. The third-order valence-corrected chi connectivity index (χ3v) is 5.38. The zero-order chi connectivity index (χ0) is 18.6. The summed E-state index contributed by atoms with van der Waals surface area (Å²) < 4.78 is 1.90. The second kappa shape index (κ2) is 7.99. The molecule has 1 aliphatic heterocycles. The van der Waals surface area contributed by atoms with Gasteiger partial charge in [0.05, 0.1) is 6.42 Å². The van der Waals surface area contributed by atoms with Crippen LogP contribution in [0.4, 0.5) is 0 Å². The van der Waals surface area contributed by atoms with Crippen LogP contribution in [0.25, 0.3) is 0 Å². The van der Waals surface area contributed by atoms with Gasteiger partial charge in [-0.25, -0.2) is 4.98 Å². The molecule has 1 saturated heterocycles. The zero-order valence-electron chi connectivity index (χ0n) is 16.0. The van der Waals surface area contributed by atoms with Crippen molar-refractivity contribution in [3.05, 3.63) is 48.3 Å². The van der Waals surface area contributed by atoms with Crippen LogP contribution in [0.2, 0.25) is 0 Å². The number of aryl methyl sites for hydroxylation is 1. The van der Waals surface area contributed by atoms with Crippen molar-refractivity contribution < 1.29 is 4.79 Å². The monoisotopic (exact) mass is 355 g/mol. The van der Waals surface area contributed by atoms with Gasteiger partial charge in [0.2, 0.25) is 5.91 Å². The van der Waals surface area contributed by atoms with Crippen molar-refractivity contribution in [2.24, 2.45) is 7.05 Å². The first kappa shape index (κ1) is 18.6. The number of pyridine rings is 1. The Morgan fingerprint density at radius 2 is 2.00 bits per heavy atom. The molecule has 1 aliphatic rings. The van der Waals surface area contributed by atoms with E-state index < -0.39 is 0 Å². The second-order valence-corrected chi connectivity index (χ2v) is 7.59. The normalized spacial score (nSPS) is 17.4. The van der Waals surface area contributed by atoms with E-state index >= 15 is 0 Å². The van der Waals surface area contributed by atoms with E-state index in [9.17, 15) is 4.79 Å². The van der Waals surface area contributed by atoms with E-state index in [-0.39, 0.29) is 11.4 Å². The summed E-state index contributed by atoms with van der Waals surface area (Å²) in [5.74, 6) is 0.823. The highest BCUT2D eigenvalue weighted by Gasteiger charge is 2.37. The van der Waals surface area contributed by atoms with Crippen LogP contribution >= 0.6 is 0 Å². The van der Waals surface area contributed by atoms with E-state index in [0.717, 1.165) is 43.9 Å². The van der Waals surface area contributed by atoms with E-state index in [1.54, 1.807) is 6.20 Å². The number of carbonyl (C=O) groups excluding carboxylic acids is 1. The van der Waals surface area contributed by atoms with Gasteiger partial charge < -0.3 is 14.8 Å². The highest BCUT2D eigenvalue weighted by molar-refractivity contribution is 5.78. The van der Waals surface area contributed by atoms with Crippen molar-refractivity contribution in [3.63, 3.8) is 0 Å². The molecule has 0 aromatic carbocycles. The number of nitrogens with one attached hydrogen (secondary N) is 1. The maximum atomic E-state index is 12.7. The Bertz CT molecular complexity index is 717. The zero-order valence-corrected chi connectivity index (χ0v) is 16.0. The van der Waals surface area contributed by atoms with Gasteiger partial charge in [0.1, 0.15) is 5.82 Å². The van der Waals surface area contributed by atoms with E-state index in [1.807, 2.05) is 42.2 Å². The molecule has 0 atom stereocenters. The molecular formula is C20H29N5O. The van der Waals surface area contributed by atoms with Crippen LogP contribution < -0.4 is 5.32 Å². The lowest BCUT2D eigenvalue weighted by molar-refractivity contribution is -0.123. The van der Waals surface area contributed by atoms with Crippen LogP contribution in [0, 0.1) is 0 Å². The summed E-state index contributed by atoms with van der Waals surface area (Å²) in [6.45, 7) is 6.44. The van der Waals surface area contributed by atoms with Gasteiger partial charge in [-0.05, 0) is 38.8 Å². The molecule has 6 nitrogen and oxygen atoms in total. The Morgan fingerprint density at radius 3 is 2.58 bits per heavy atom. The lowest BCUT2D eigenvalue weighted by Crippen LogP contribution is -2.57. The first-order chi connectivity index (χ1) is 12.5. The number of amides is 1. The second-order valence-electron chi connectivity index (χ2n) is 7.59. The number of likely N-dealkylation sites (tertiary alicyclic amines) is 1. The van der Waals surface area contributed by atoms with E-state index in [4.69, 9.17) is 0 Å².